The molecule has 132 valence electrons. The molecule has 1 fully saturated rings. The molecule has 25 heavy (non-hydrogen) atoms. The summed E-state index contributed by atoms with van der Waals surface area (Å²) in [5, 5.41) is 0. The highest BCUT2D eigenvalue weighted by atomic mass is 79.9. The maximum atomic E-state index is 13.1. The lowest BCUT2D eigenvalue weighted by Crippen LogP contribution is -2.64. The lowest BCUT2D eigenvalue weighted by molar-refractivity contribution is -0.132. The molecule has 1 saturated heterocycles. The Labute approximate surface area is 155 Å². The van der Waals surface area contributed by atoms with E-state index >= 15 is 0 Å². The van der Waals surface area contributed by atoms with E-state index in [0.29, 0.717) is 17.6 Å². The maximum absolute atomic E-state index is 13.1. The van der Waals surface area contributed by atoms with Crippen molar-refractivity contribution in [1.82, 2.24) is 4.90 Å². The van der Waals surface area contributed by atoms with Gasteiger partial charge >= 0.3 is 0 Å². The van der Waals surface area contributed by atoms with Crippen molar-refractivity contribution in [3.63, 3.8) is 0 Å². The number of rotatable bonds is 2. The van der Waals surface area contributed by atoms with E-state index in [2.05, 4.69) is 27.9 Å². The van der Waals surface area contributed by atoms with Crippen LogP contribution in [0.5, 0.6) is 11.5 Å². The average molecular weight is 406 g/mol. The minimum Gasteiger partial charge on any atom is -0.493 e. The molecular weight excluding hydrogens is 386 g/mol. The van der Waals surface area contributed by atoms with Crippen molar-refractivity contribution in [2.75, 3.05) is 27.8 Å². The van der Waals surface area contributed by atoms with Gasteiger partial charge in [-0.15, -0.1) is 0 Å². The highest BCUT2D eigenvalue weighted by Crippen LogP contribution is 2.63. The first-order valence-corrected chi connectivity index (χ1v) is 9.39. The van der Waals surface area contributed by atoms with Gasteiger partial charge in [-0.2, -0.15) is 0 Å². The molecule has 0 saturated carbocycles. The van der Waals surface area contributed by atoms with Crippen LogP contribution in [0.4, 0.5) is 0 Å². The molecule has 0 N–H and O–H groups in total. The number of likely N-dealkylation sites (tertiary alicyclic amines) is 1. The third-order valence-electron chi connectivity index (χ3n) is 6.59. The molecule has 5 nitrogen and oxygen atoms in total. The van der Waals surface area contributed by atoms with Crippen LogP contribution in [0.15, 0.2) is 22.4 Å². The number of piperidine rings is 1. The van der Waals surface area contributed by atoms with Crippen LogP contribution >= 0.6 is 15.9 Å². The molecule has 0 amide bonds. The smallest absolute Gasteiger partial charge is 0.238 e. The normalized spacial score (nSPS) is 35.0. The molecule has 3 unspecified atom stereocenters. The van der Waals surface area contributed by atoms with Crippen LogP contribution in [0, 0.1) is 5.92 Å². The fourth-order valence-corrected chi connectivity index (χ4v) is 6.02. The van der Waals surface area contributed by atoms with Gasteiger partial charge in [0.15, 0.2) is 23.4 Å². The van der Waals surface area contributed by atoms with Crippen LogP contribution in [0.1, 0.15) is 17.5 Å². The van der Waals surface area contributed by atoms with E-state index in [4.69, 9.17) is 14.2 Å². The van der Waals surface area contributed by atoms with Gasteiger partial charge in [0.25, 0.3) is 0 Å². The topological polar surface area (TPSA) is 48.0 Å². The molecule has 2 aliphatic heterocycles. The van der Waals surface area contributed by atoms with E-state index in [9.17, 15) is 4.79 Å². The van der Waals surface area contributed by atoms with Gasteiger partial charge in [-0.3, -0.25) is 4.79 Å². The van der Waals surface area contributed by atoms with Crippen LogP contribution < -0.4 is 9.47 Å². The van der Waals surface area contributed by atoms with Crippen LogP contribution in [0.2, 0.25) is 0 Å². The second kappa shape index (κ2) is 5.01. The van der Waals surface area contributed by atoms with Crippen molar-refractivity contribution in [2.24, 2.45) is 5.92 Å². The molecule has 1 aromatic rings. The van der Waals surface area contributed by atoms with E-state index in [1.165, 1.54) is 11.1 Å². The predicted octanol–water partition coefficient (Wildman–Crippen LogP) is 2.45. The average Bonchev–Trinajstić information content (AvgIpc) is 2.95. The first-order chi connectivity index (χ1) is 12.0. The third kappa shape index (κ3) is 1.70. The Balaban J connectivity index is 1.85. The Morgan fingerprint density at radius 2 is 2.16 bits per heavy atom. The van der Waals surface area contributed by atoms with Crippen molar-refractivity contribution >= 4 is 21.7 Å². The van der Waals surface area contributed by atoms with Crippen LogP contribution in [-0.2, 0) is 21.4 Å². The Kier molecular flexibility index (Phi) is 3.15. The van der Waals surface area contributed by atoms with Crippen molar-refractivity contribution in [1.29, 1.82) is 0 Å². The summed E-state index contributed by atoms with van der Waals surface area (Å²) in [4.78, 5) is 15.5. The molecular formula is C19H20BrNO4. The molecule has 2 heterocycles. The summed E-state index contributed by atoms with van der Waals surface area (Å²) in [6, 6.07) is 2.30. The summed E-state index contributed by atoms with van der Waals surface area (Å²) in [6.07, 6.45) is 3.35. The van der Waals surface area contributed by atoms with Gasteiger partial charge in [0.2, 0.25) is 5.78 Å². The van der Waals surface area contributed by atoms with Crippen molar-refractivity contribution < 1.29 is 19.0 Å². The van der Waals surface area contributed by atoms with Crippen LogP contribution in [0.25, 0.3) is 0 Å². The first kappa shape index (κ1) is 15.7. The van der Waals surface area contributed by atoms with Gasteiger partial charge in [0.1, 0.15) is 0 Å². The molecule has 0 radical (unpaired) electrons. The monoisotopic (exact) mass is 405 g/mol. The number of halogens is 1. The SMILES string of the molecule is COC1=CC2C3Cc4c(Br)cc(OC)c5c4[C@]2(CCN3C)C(O5)C1=O. The van der Waals surface area contributed by atoms with E-state index in [-0.39, 0.29) is 17.1 Å². The van der Waals surface area contributed by atoms with Crippen LogP contribution in [-0.4, -0.2) is 50.6 Å². The number of ketones is 1. The maximum Gasteiger partial charge on any atom is 0.238 e. The van der Waals surface area contributed by atoms with Crippen molar-refractivity contribution in [3.8, 4) is 11.5 Å². The largest absolute Gasteiger partial charge is 0.493 e. The summed E-state index contributed by atoms with van der Waals surface area (Å²) >= 11 is 3.73. The quantitative estimate of drug-likeness (QED) is 0.755. The van der Waals surface area contributed by atoms with E-state index in [1.54, 1.807) is 14.2 Å². The molecule has 1 spiro atoms. The molecule has 5 rings (SSSR count). The summed E-state index contributed by atoms with van der Waals surface area (Å²) in [5.41, 5.74) is 2.13. The number of carbonyl (C=O) groups excluding carboxylic acids is 1. The van der Waals surface area contributed by atoms with Crippen molar-refractivity contribution in [2.45, 2.75) is 30.4 Å². The molecule has 4 aliphatic rings. The second-order valence-electron chi connectivity index (χ2n) is 7.41. The number of likely N-dealkylation sites (N-methyl/N-ethyl adjacent to an activating group) is 1. The van der Waals surface area contributed by atoms with Gasteiger partial charge in [-0.05, 0) is 44.1 Å². The summed E-state index contributed by atoms with van der Waals surface area (Å²) < 4.78 is 18.3. The van der Waals surface area contributed by atoms with E-state index in [0.717, 1.165) is 29.6 Å². The molecule has 0 aromatic heterocycles. The fraction of sp³-hybridized carbons (Fsp3) is 0.526. The lowest BCUT2D eigenvalue weighted by Gasteiger charge is -2.55. The number of hydrogen-bond acceptors (Lipinski definition) is 5. The Morgan fingerprint density at radius 1 is 1.36 bits per heavy atom. The molecule has 6 heteroatoms. The summed E-state index contributed by atoms with van der Waals surface area (Å²) in [5.74, 6) is 2.02. The minimum atomic E-state index is -0.522. The Morgan fingerprint density at radius 3 is 2.88 bits per heavy atom. The number of carbonyl (C=O) groups is 1. The molecule has 2 aliphatic carbocycles. The Hall–Kier alpha value is -1.53. The predicted molar refractivity (Wildman–Crippen MR) is 95.1 cm³/mol. The van der Waals surface area contributed by atoms with E-state index in [1.807, 2.05) is 12.1 Å². The van der Waals surface area contributed by atoms with Gasteiger partial charge in [0.05, 0.1) is 19.6 Å². The zero-order valence-corrected chi connectivity index (χ0v) is 16.1. The van der Waals surface area contributed by atoms with E-state index < -0.39 is 6.10 Å². The molecule has 2 bridgehead atoms. The van der Waals surface area contributed by atoms with Gasteiger partial charge in [0, 0.05) is 22.0 Å². The standard InChI is InChI=1S/C19H20BrNO4/c1-21-5-4-19-10-7-13(23-2)16(22)18(19)25-17-14(24-3)8-11(20)9(15(17)19)6-12(10)21/h7-8,10,12,18H,4-6H2,1-3H3/t10?,12?,18?,19-/m1/s1. The lowest BCUT2D eigenvalue weighted by atomic mass is 9.53. The highest BCUT2D eigenvalue weighted by molar-refractivity contribution is 9.10. The summed E-state index contributed by atoms with van der Waals surface area (Å²) in [6.45, 7) is 0.957. The zero-order chi connectivity index (χ0) is 17.5. The highest BCUT2D eigenvalue weighted by Gasteiger charge is 2.66. The second-order valence-corrected chi connectivity index (χ2v) is 8.26. The molecule has 1 aromatic carbocycles. The van der Waals surface area contributed by atoms with Gasteiger partial charge < -0.3 is 19.1 Å². The molecule has 4 atom stereocenters. The van der Waals surface area contributed by atoms with Crippen LogP contribution in [0.3, 0.4) is 0 Å². The number of Topliss-reactive ketones (excluding diaryl/α,β-unsaturated/α-hetero) is 1. The Bertz CT molecular complexity index is 835. The number of benzene rings is 1. The number of ether oxygens (including phenoxy) is 3. The third-order valence-corrected chi connectivity index (χ3v) is 7.29. The van der Waals surface area contributed by atoms with Crippen molar-refractivity contribution in [3.05, 3.63) is 33.5 Å². The fourth-order valence-electron chi connectivity index (χ4n) is 5.45. The van der Waals surface area contributed by atoms with Gasteiger partial charge in [-0.25, -0.2) is 0 Å². The summed E-state index contributed by atoms with van der Waals surface area (Å²) in [7, 11) is 5.38. The number of methoxy groups -OCH3 is 2. The number of hydrogen-bond donors (Lipinski definition) is 0. The van der Waals surface area contributed by atoms with Gasteiger partial charge in [-0.1, -0.05) is 15.9 Å². The minimum absolute atomic E-state index is 0.0516. The zero-order valence-electron chi connectivity index (χ0n) is 14.5. The number of nitrogens with zero attached hydrogens (tertiary/aromatic N) is 1. The first-order valence-electron chi connectivity index (χ1n) is 8.59.